The predicted octanol–water partition coefficient (Wildman–Crippen LogP) is 6.07. The second kappa shape index (κ2) is 10.5. The molecule has 0 aliphatic carbocycles. The summed E-state index contributed by atoms with van der Waals surface area (Å²) in [6.45, 7) is 9.23. The Labute approximate surface area is 237 Å². The van der Waals surface area contributed by atoms with Gasteiger partial charge in [0.15, 0.2) is 6.10 Å². The first kappa shape index (κ1) is 27.5. The van der Waals surface area contributed by atoms with E-state index < -0.39 is 17.7 Å². The van der Waals surface area contributed by atoms with Crippen molar-refractivity contribution >= 4 is 45.1 Å². The number of aromatic nitrogens is 3. The normalized spacial score (nSPS) is 15.1. The molecule has 3 heterocycles. The fraction of sp³-hybridized carbons (Fsp3) is 0.379. The fourth-order valence-electron chi connectivity index (χ4n) is 4.71. The topological polar surface area (TPSA) is 91.7 Å². The molecule has 1 fully saturated rings. The van der Waals surface area contributed by atoms with Gasteiger partial charge in [0, 0.05) is 41.5 Å². The van der Waals surface area contributed by atoms with Crippen LogP contribution in [-0.4, -0.2) is 69.8 Å². The quantitative estimate of drug-likeness (QED) is 0.288. The van der Waals surface area contributed by atoms with Gasteiger partial charge in [0.1, 0.15) is 10.7 Å². The molecule has 1 aliphatic heterocycles. The van der Waals surface area contributed by atoms with Crippen molar-refractivity contribution < 1.29 is 14.6 Å². The van der Waals surface area contributed by atoms with Crippen LogP contribution in [0.1, 0.15) is 38.0 Å². The minimum Gasteiger partial charge on any atom is -0.479 e. The van der Waals surface area contributed by atoms with E-state index in [1.54, 1.807) is 6.20 Å². The van der Waals surface area contributed by atoms with E-state index in [1.807, 2.05) is 64.1 Å². The number of aliphatic carboxylic acids is 1. The van der Waals surface area contributed by atoms with Crippen LogP contribution in [0.3, 0.4) is 0 Å². The fourth-order valence-corrected chi connectivity index (χ4v) is 5.93. The highest BCUT2D eigenvalue weighted by atomic mass is 35.5. The van der Waals surface area contributed by atoms with E-state index in [-0.39, 0.29) is 0 Å². The van der Waals surface area contributed by atoms with Gasteiger partial charge in [-0.25, -0.2) is 19.7 Å². The number of aryl methyl sites for hydroxylation is 1. The van der Waals surface area contributed by atoms with Crippen molar-refractivity contribution in [2.24, 2.45) is 0 Å². The number of benzene rings is 2. The molecule has 5 rings (SSSR count). The summed E-state index contributed by atoms with van der Waals surface area (Å²) in [4.78, 5) is 31.2. The van der Waals surface area contributed by atoms with E-state index in [1.165, 1.54) is 11.3 Å². The first-order valence-electron chi connectivity index (χ1n) is 12.8. The predicted molar refractivity (Wildman–Crippen MR) is 157 cm³/mol. The Bertz CT molecular complexity index is 1520. The van der Waals surface area contributed by atoms with Gasteiger partial charge in [-0.15, -0.1) is 11.3 Å². The smallest absolute Gasteiger partial charge is 0.337 e. The molecule has 0 unspecified atom stereocenters. The summed E-state index contributed by atoms with van der Waals surface area (Å²) in [5, 5.41) is 11.6. The zero-order chi connectivity index (χ0) is 28.1. The number of thiazole rings is 1. The Morgan fingerprint density at radius 2 is 1.87 bits per heavy atom. The maximum absolute atomic E-state index is 12.5. The number of hydrogen-bond donors (Lipinski definition) is 1. The number of rotatable bonds is 7. The Balaban J connectivity index is 1.65. The highest BCUT2D eigenvalue weighted by molar-refractivity contribution is 7.22. The molecule has 2 aromatic heterocycles. The Hall–Kier alpha value is -3.11. The molecule has 204 valence electrons. The van der Waals surface area contributed by atoms with E-state index in [0.29, 0.717) is 22.6 Å². The molecule has 2 aromatic carbocycles. The Morgan fingerprint density at radius 3 is 2.49 bits per heavy atom. The van der Waals surface area contributed by atoms with Crippen LogP contribution in [-0.2, 0) is 9.53 Å². The number of carboxylic acids is 1. The number of carboxylic acid groups (broad SMARTS) is 1. The highest BCUT2D eigenvalue weighted by Gasteiger charge is 2.33. The van der Waals surface area contributed by atoms with Crippen LogP contribution in [0.25, 0.3) is 32.0 Å². The number of hydrogen-bond acceptors (Lipinski definition) is 8. The maximum atomic E-state index is 12.5. The lowest BCUT2D eigenvalue weighted by atomic mass is 9.91. The number of anilines is 1. The summed E-state index contributed by atoms with van der Waals surface area (Å²) in [7, 11) is 4.16. The molecule has 1 aliphatic rings. The lowest BCUT2D eigenvalue weighted by molar-refractivity contribution is -0.160. The monoisotopic (exact) mass is 565 g/mol. The average molecular weight is 566 g/mol. The van der Waals surface area contributed by atoms with Gasteiger partial charge in [0.25, 0.3) is 0 Å². The third-order valence-corrected chi connectivity index (χ3v) is 8.12. The first-order chi connectivity index (χ1) is 18.4. The van der Waals surface area contributed by atoms with Crippen LogP contribution in [0.4, 0.5) is 5.95 Å². The SMILES string of the molecule is Cc1cc2nc(-c3ccnc(N4CC(N(C)C)C4)n3)sc2c(-c2ccc(Cl)cc2)c1[C@H](OC(C)(C)C)C(=O)O. The lowest BCUT2D eigenvalue weighted by Gasteiger charge is -2.42. The van der Waals surface area contributed by atoms with Gasteiger partial charge in [-0.1, -0.05) is 23.7 Å². The molecule has 0 bridgehead atoms. The highest BCUT2D eigenvalue weighted by Crippen LogP contribution is 2.44. The van der Waals surface area contributed by atoms with Crippen molar-refractivity contribution in [1.29, 1.82) is 0 Å². The second-order valence-electron chi connectivity index (χ2n) is 11.1. The maximum Gasteiger partial charge on any atom is 0.337 e. The Morgan fingerprint density at radius 1 is 1.18 bits per heavy atom. The lowest BCUT2D eigenvalue weighted by Crippen LogP contribution is -2.58. The second-order valence-corrected chi connectivity index (χ2v) is 12.5. The number of fused-ring (bicyclic) bond motifs is 1. The van der Waals surface area contributed by atoms with Crippen molar-refractivity contribution in [3.8, 4) is 21.8 Å². The molecule has 10 heteroatoms. The van der Waals surface area contributed by atoms with Crippen LogP contribution < -0.4 is 4.90 Å². The number of halogens is 1. The van der Waals surface area contributed by atoms with Crippen LogP contribution in [0, 0.1) is 6.92 Å². The molecule has 4 aromatic rings. The molecular formula is C29H32ClN5O3S. The summed E-state index contributed by atoms with van der Waals surface area (Å²) < 4.78 is 6.98. The largest absolute Gasteiger partial charge is 0.479 e. The van der Waals surface area contributed by atoms with Crippen molar-refractivity contribution in [2.45, 2.75) is 45.4 Å². The molecule has 0 radical (unpaired) electrons. The summed E-state index contributed by atoms with van der Waals surface area (Å²) >= 11 is 7.69. The van der Waals surface area contributed by atoms with Crippen LogP contribution in [0.5, 0.6) is 0 Å². The number of nitrogens with zero attached hydrogens (tertiary/aromatic N) is 5. The average Bonchev–Trinajstić information content (AvgIpc) is 3.24. The van der Waals surface area contributed by atoms with Crippen molar-refractivity contribution in [2.75, 3.05) is 32.1 Å². The summed E-state index contributed by atoms with van der Waals surface area (Å²) in [6, 6.07) is 11.7. The van der Waals surface area contributed by atoms with Crippen LogP contribution in [0.15, 0.2) is 42.6 Å². The Kier molecular flexibility index (Phi) is 7.37. The molecule has 0 spiro atoms. The van der Waals surface area contributed by atoms with Gasteiger partial charge in [-0.05, 0) is 77.2 Å². The van der Waals surface area contributed by atoms with E-state index in [0.717, 1.165) is 50.7 Å². The third kappa shape index (κ3) is 5.63. The first-order valence-corrected chi connectivity index (χ1v) is 14.0. The molecule has 0 amide bonds. The number of carbonyl (C=O) groups is 1. The zero-order valence-electron chi connectivity index (χ0n) is 22.9. The standard InChI is InChI=1S/C29H32ClN5O3S/c1-16-13-21-25(39-26(32-21)20-11-12-31-28(33-20)35-14-19(15-35)34(5)6)23(17-7-9-18(30)10-8-17)22(16)24(27(36)37)38-29(2,3)4/h7-13,19,24H,14-15H2,1-6H3,(H,36,37)/t24-/m0/s1. The van der Waals surface area contributed by atoms with E-state index >= 15 is 0 Å². The van der Waals surface area contributed by atoms with Crippen molar-refractivity contribution in [3.05, 3.63) is 58.7 Å². The van der Waals surface area contributed by atoms with E-state index in [2.05, 4.69) is 28.9 Å². The minimum absolute atomic E-state index is 0.487. The van der Waals surface area contributed by atoms with Gasteiger partial charge >= 0.3 is 5.97 Å². The van der Waals surface area contributed by atoms with Gasteiger partial charge < -0.3 is 19.6 Å². The van der Waals surface area contributed by atoms with E-state index in [4.69, 9.17) is 26.3 Å². The van der Waals surface area contributed by atoms with E-state index in [9.17, 15) is 9.90 Å². The van der Waals surface area contributed by atoms with Crippen LogP contribution >= 0.6 is 22.9 Å². The van der Waals surface area contributed by atoms with Crippen molar-refractivity contribution in [1.82, 2.24) is 19.9 Å². The van der Waals surface area contributed by atoms with Gasteiger partial charge in [0.2, 0.25) is 5.95 Å². The molecule has 0 saturated carbocycles. The number of likely N-dealkylation sites (N-methyl/N-ethyl adjacent to an activating group) is 1. The molecule has 1 saturated heterocycles. The molecule has 1 atom stereocenters. The summed E-state index contributed by atoms with van der Waals surface area (Å²) in [6.07, 6.45) is 0.605. The number of ether oxygens (including phenoxy) is 1. The summed E-state index contributed by atoms with van der Waals surface area (Å²) in [5.74, 6) is -0.359. The molecule has 1 N–H and O–H groups in total. The molecular weight excluding hydrogens is 534 g/mol. The zero-order valence-corrected chi connectivity index (χ0v) is 24.5. The summed E-state index contributed by atoms with van der Waals surface area (Å²) in [5.41, 5.74) is 3.88. The third-order valence-electron chi connectivity index (χ3n) is 6.76. The van der Waals surface area contributed by atoms with Gasteiger partial charge in [-0.3, -0.25) is 0 Å². The molecule has 8 nitrogen and oxygen atoms in total. The minimum atomic E-state index is -1.16. The van der Waals surface area contributed by atoms with Gasteiger partial charge in [-0.2, -0.15) is 0 Å². The van der Waals surface area contributed by atoms with Crippen LogP contribution in [0.2, 0.25) is 5.02 Å². The van der Waals surface area contributed by atoms with Crippen molar-refractivity contribution in [3.63, 3.8) is 0 Å². The van der Waals surface area contributed by atoms with Gasteiger partial charge in [0.05, 0.1) is 15.8 Å². The molecule has 39 heavy (non-hydrogen) atoms.